The maximum atomic E-state index is 11.6. The monoisotopic (exact) mass is 268 g/mol. The number of hydrogen-bond donors (Lipinski definition) is 2. The van der Waals surface area contributed by atoms with Crippen molar-refractivity contribution in [3.63, 3.8) is 0 Å². The van der Waals surface area contributed by atoms with Gasteiger partial charge in [-0.05, 0) is 32.9 Å². The van der Waals surface area contributed by atoms with Gasteiger partial charge in [-0.25, -0.2) is 9.59 Å². The number of carbonyl (C=O) groups is 2. The van der Waals surface area contributed by atoms with E-state index in [2.05, 4.69) is 15.0 Å². The number of nitrogens with one attached hydrogen (secondary N) is 2. The number of methoxy groups -OCH3 is 1. The average molecular weight is 268 g/mol. The molecule has 0 saturated heterocycles. The summed E-state index contributed by atoms with van der Waals surface area (Å²) in [5.74, 6) is -0.666. The Hall–Kier alpha value is -2.31. The molecule has 104 valence electrons. The van der Waals surface area contributed by atoms with Gasteiger partial charge in [-0.2, -0.15) is 0 Å². The first-order valence-electron chi connectivity index (χ1n) is 5.54. The van der Waals surface area contributed by atoms with Crippen molar-refractivity contribution in [2.24, 2.45) is 0 Å². The van der Waals surface area contributed by atoms with E-state index in [-0.39, 0.29) is 11.4 Å². The van der Waals surface area contributed by atoms with Crippen molar-refractivity contribution in [3.8, 4) is 0 Å². The molecule has 1 amide bonds. The van der Waals surface area contributed by atoms with Crippen molar-refractivity contribution < 1.29 is 19.1 Å². The van der Waals surface area contributed by atoms with E-state index in [1.807, 2.05) is 0 Å². The molecule has 7 heteroatoms. The second kappa shape index (κ2) is 5.55. The Bertz CT molecular complexity index is 542. The number of esters is 1. The molecule has 0 radical (unpaired) electrons. The summed E-state index contributed by atoms with van der Waals surface area (Å²) in [7, 11) is 1.20. The molecule has 2 N–H and O–H groups in total. The molecule has 0 aliphatic heterocycles. The van der Waals surface area contributed by atoms with Crippen LogP contribution in [0.1, 0.15) is 31.3 Å². The summed E-state index contributed by atoms with van der Waals surface area (Å²) in [5.41, 5.74) is -1.29. The molecular weight excluding hydrogens is 252 g/mol. The molecule has 0 bridgehead atoms. The number of hydrogen-bond acceptors (Lipinski definition) is 5. The first kappa shape index (κ1) is 14.7. The summed E-state index contributed by atoms with van der Waals surface area (Å²) in [6.07, 6.45) is -0.746. The lowest BCUT2D eigenvalue weighted by Gasteiger charge is -2.19. The third kappa shape index (κ3) is 4.46. The highest BCUT2D eigenvalue weighted by Gasteiger charge is 2.17. The fourth-order valence-electron chi connectivity index (χ4n) is 1.21. The van der Waals surface area contributed by atoms with Crippen LogP contribution in [0.3, 0.4) is 0 Å². The van der Waals surface area contributed by atoms with Crippen LogP contribution in [0.25, 0.3) is 0 Å². The summed E-state index contributed by atoms with van der Waals surface area (Å²) >= 11 is 0. The van der Waals surface area contributed by atoms with Crippen LogP contribution in [-0.2, 0) is 9.47 Å². The van der Waals surface area contributed by atoms with Crippen LogP contribution < -0.4 is 10.9 Å². The lowest BCUT2D eigenvalue weighted by atomic mass is 10.2. The fourth-order valence-corrected chi connectivity index (χ4v) is 1.21. The molecule has 0 aliphatic carbocycles. The van der Waals surface area contributed by atoms with Crippen molar-refractivity contribution in [1.82, 2.24) is 4.98 Å². The molecule has 1 heterocycles. The summed E-state index contributed by atoms with van der Waals surface area (Å²) in [6.45, 7) is 5.12. The Balaban J connectivity index is 2.84. The van der Waals surface area contributed by atoms with E-state index in [0.717, 1.165) is 0 Å². The molecule has 7 nitrogen and oxygen atoms in total. The summed E-state index contributed by atoms with van der Waals surface area (Å²) in [6, 6.07) is 2.63. The standard InChI is InChI=1S/C12H16N2O5/c1-12(2,3)19-11(17)14-7-5-6-8(10(16)18-4)13-9(7)15/h5-6H,1-4H3,(H,13,15)(H,14,17). The quantitative estimate of drug-likeness (QED) is 0.792. The lowest BCUT2D eigenvalue weighted by Crippen LogP contribution is -2.29. The summed E-state index contributed by atoms with van der Waals surface area (Å²) < 4.78 is 9.46. The van der Waals surface area contributed by atoms with Gasteiger partial charge in [0.2, 0.25) is 0 Å². The molecule has 19 heavy (non-hydrogen) atoms. The van der Waals surface area contributed by atoms with Gasteiger partial charge in [-0.1, -0.05) is 0 Å². The normalized spacial score (nSPS) is 10.7. The smallest absolute Gasteiger partial charge is 0.412 e. The SMILES string of the molecule is COC(=O)c1ccc(NC(=O)OC(C)(C)C)c(=O)[nH]1. The average Bonchev–Trinajstić information content (AvgIpc) is 2.28. The Kier molecular flexibility index (Phi) is 4.31. The van der Waals surface area contributed by atoms with Gasteiger partial charge in [0, 0.05) is 0 Å². The zero-order valence-electron chi connectivity index (χ0n) is 11.2. The third-order valence-corrected chi connectivity index (χ3v) is 1.95. The fraction of sp³-hybridized carbons (Fsp3) is 0.417. The molecule has 0 spiro atoms. The van der Waals surface area contributed by atoms with E-state index >= 15 is 0 Å². The van der Waals surface area contributed by atoms with Crippen LogP contribution in [-0.4, -0.2) is 29.8 Å². The van der Waals surface area contributed by atoms with Crippen LogP contribution in [0.4, 0.5) is 10.5 Å². The summed E-state index contributed by atoms with van der Waals surface area (Å²) in [5, 5.41) is 2.29. The molecule has 0 aromatic carbocycles. The molecule has 1 aromatic rings. The molecule has 0 aliphatic rings. The van der Waals surface area contributed by atoms with Crippen molar-refractivity contribution in [2.45, 2.75) is 26.4 Å². The lowest BCUT2D eigenvalue weighted by molar-refractivity contribution is 0.0592. The third-order valence-electron chi connectivity index (χ3n) is 1.95. The Morgan fingerprint density at radius 2 is 1.89 bits per heavy atom. The number of ether oxygens (including phenoxy) is 2. The van der Waals surface area contributed by atoms with Gasteiger partial charge in [0.25, 0.3) is 5.56 Å². The number of H-pyrrole nitrogens is 1. The Morgan fingerprint density at radius 3 is 2.37 bits per heavy atom. The second-order valence-corrected chi connectivity index (χ2v) is 4.73. The molecule has 0 atom stereocenters. The van der Waals surface area contributed by atoms with Crippen molar-refractivity contribution in [3.05, 3.63) is 28.2 Å². The number of anilines is 1. The van der Waals surface area contributed by atoms with Gasteiger partial charge in [0.05, 0.1) is 7.11 Å². The molecular formula is C12H16N2O5. The Labute approximate surface area is 109 Å². The van der Waals surface area contributed by atoms with Crippen LogP contribution in [0.5, 0.6) is 0 Å². The van der Waals surface area contributed by atoms with Crippen LogP contribution in [0.15, 0.2) is 16.9 Å². The van der Waals surface area contributed by atoms with Crippen LogP contribution in [0.2, 0.25) is 0 Å². The largest absolute Gasteiger partial charge is 0.464 e. The second-order valence-electron chi connectivity index (χ2n) is 4.73. The van der Waals surface area contributed by atoms with Gasteiger partial charge >= 0.3 is 12.1 Å². The first-order valence-corrected chi connectivity index (χ1v) is 5.54. The van der Waals surface area contributed by atoms with Gasteiger partial charge in [-0.3, -0.25) is 10.1 Å². The minimum absolute atomic E-state index is 0.00207. The number of pyridine rings is 1. The highest BCUT2D eigenvalue weighted by atomic mass is 16.6. The van der Waals surface area contributed by atoms with E-state index in [1.165, 1.54) is 19.2 Å². The minimum Gasteiger partial charge on any atom is -0.464 e. The zero-order valence-corrected chi connectivity index (χ0v) is 11.2. The highest BCUT2D eigenvalue weighted by Crippen LogP contribution is 2.09. The number of aromatic amines is 1. The first-order chi connectivity index (χ1) is 8.73. The number of amides is 1. The van der Waals surface area contributed by atoms with E-state index in [9.17, 15) is 14.4 Å². The maximum absolute atomic E-state index is 11.6. The predicted molar refractivity (Wildman–Crippen MR) is 68.3 cm³/mol. The van der Waals surface area contributed by atoms with Gasteiger partial charge < -0.3 is 14.5 Å². The molecule has 0 saturated carbocycles. The topological polar surface area (TPSA) is 97.5 Å². The van der Waals surface area contributed by atoms with Gasteiger partial charge in [0.15, 0.2) is 0 Å². The number of rotatable bonds is 2. The highest BCUT2D eigenvalue weighted by molar-refractivity contribution is 5.88. The molecule has 1 aromatic heterocycles. The maximum Gasteiger partial charge on any atom is 0.412 e. The minimum atomic E-state index is -0.746. The van der Waals surface area contributed by atoms with Gasteiger partial charge in [-0.15, -0.1) is 0 Å². The Morgan fingerprint density at radius 1 is 1.26 bits per heavy atom. The molecule has 0 fully saturated rings. The van der Waals surface area contributed by atoms with E-state index in [4.69, 9.17) is 4.74 Å². The van der Waals surface area contributed by atoms with Crippen LogP contribution in [0, 0.1) is 0 Å². The number of carbonyl (C=O) groups excluding carboxylic acids is 2. The van der Waals surface area contributed by atoms with Crippen molar-refractivity contribution in [2.75, 3.05) is 12.4 Å². The molecule has 0 unspecified atom stereocenters. The molecule has 1 rings (SSSR count). The van der Waals surface area contributed by atoms with Crippen LogP contribution >= 0.6 is 0 Å². The van der Waals surface area contributed by atoms with Crippen molar-refractivity contribution >= 4 is 17.7 Å². The van der Waals surface area contributed by atoms with E-state index in [1.54, 1.807) is 20.8 Å². The predicted octanol–water partition coefficient (Wildman–Crippen LogP) is 1.51. The van der Waals surface area contributed by atoms with Gasteiger partial charge in [0.1, 0.15) is 17.0 Å². The van der Waals surface area contributed by atoms with E-state index in [0.29, 0.717) is 0 Å². The van der Waals surface area contributed by atoms with E-state index < -0.39 is 23.2 Å². The number of aromatic nitrogens is 1. The zero-order chi connectivity index (χ0) is 14.6. The van der Waals surface area contributed by atoms with Crippen molar-refractivity contribution in [1.29, 1.82) is 0 Å². The summed E-state index contributed by atoms with van der Waals surface area (Å²) in [4.78, 5) is 36.6.